The fourth-order valence-corrected chi connectivity index (χ4v) is 3.58. The number of aliphatic imine (C=N–C) groups is 1. The van der Waals surface area contributed by atoms with Crippen molar-refractivity contribution in [3.05, 3.63) is 108 Å². The molecule has 5 rings (SSSR count). The summed E-state index contributed by atoms with van der Waals surface area (Å²) in [6.07, 6.45) is 3.82. The molecule has 27 heavy (non-hydrogen) atoms. The number of aromatic nitrogens is 2. The molecule has 3 heterocycles. The molecule has 0 N–H and O–H groups in total. The standard InChI is InChI=1S/C23H19N3O/c1-16-9-8-14-26-15-19(24-22(16)26)23-25-20(17-10-4-2-5-11-17)21(27-23)18-12-6-3-7-13-18/h2-15,20-21H,1H3. The average molecular weight is 353 g/mol. The summed E-state index contributed by atoms with van der Waals surface area (Å²) in [4.78, 5) is 9.69. The van der Waals surface area contributed by atoms with Crippen molar-refractivity contribution in [3.8, 4) is 0 Å². The van der Waals surface area contributed by atoms with Crippen molar-refractivity contribution in [2.75, 3.05) is 0 Å². The number of ether oxygens (including phenoxy) is 1. The topological polar surface area (TPSA) is 38.9 Å². The number of benzene rings is 2. The van der Waals surface area contributed by atoms with Crippen LogP contribution in [0.25, 0.3) is 5.65 Å². The minimum atomic E-state index is -0.158. The molecule has 2 aromatic heterocycles. The Balaban J connectivity index is 1.59. The lowest BCUT2D eigenvalue weighted by Gasteiger charge is -2.18. The van der Waals surface area contributed by atoms with E-state index in [2.05, 4.69) is 37.3 Å². The molecular weight excluding hydrogens is 334 g/mol. The van der Waals surface area contributed by atoms with E-state index >= 15 is 0 Å². The number of hydrogen-bond acceptors (Lipinski definition) is 3. The monoisotopic (exact) mass is 353 g/mol. The molecule has 4 heteroatoms. The number of rotatable bonds is 3. The molecule has 4 nitrogen and oxygen atoms in total. The maximum Gasteiger partial charge on any atom is 0.238 e. The van der Waals surface area contributed by atoms with Gasteiger partial charge in [-0.2, -0.15) is 0 Å². The van der Waals surface area contributed by atoms with E-state index in [1.54, 1.807) is 0 Å². The Bertz CT molecular complexity index is 1120. The van der Waals surface area contributed by atoms with Crippen LogP contribution in [-0.2, 0) is 4.74 Å². The summed E-state index contributed by atoms with van der Waals surface area (Å²) in [6.45, 7) is 2.06. The van der Waals surface area contributed by atoms with Crippen molar-refractivity contribution in [2.45, 2.75) is 19.1 Å². The highest BCUT2D eigenvalue weighted by Crippen LogP contribution is 2.40. The van der Waals surface area contributed by atoms with Crippen LogP contribution in [0.5, 0.6) is 0 Å². The van der Waals surface area contributed by atoms with E-state index in [1.807, 2.05) is 59.3 Å². The van der Waals surface area contributed by atoms with Crippen molar-refractivity contribution in [1.29, 1.82) is 0 Å². The minimum Gasteiger partial charge on any atom is -0.465 e. The molecule has 0 amide bonds. The molecule has 0 aliphatic carbocycles. The summed E-state index contributed by atoms with van der Waals surface area (Å²) < 4.78 is 8.36. The predicted octanol–water partition coefficient (Wildman–Crippen LogP) is 4.90. The van der Waals surface area contributed by atoms with Gasteiger partial charge in [0.1, 0.15) is 17.4 Å². The highest BCUT2D eigenvalue weighted by molar-refractivity contribution is 5.94. The third-order valence-corrected chi connectivity index (χ3v) is 4.95. The first-order valence-corrected chi connectivity index (χ1v) is 9.08. The predicted molar refractivity (Wildman–Crippen MR) is 106 cm³/mol. The summed E-state index contributed by atoms with van der Waals surface area (Å²) in [5, 5.41) is 0. The summed E-state index contributed by atoms with van der Waals surface area (Å²) >= 11 is 0. The van der Waals surface area contributed by atoms with Gasteiger partial charge in [-0.25, -0.2) is 9.98 Å². The smallest absolute Gasteiger partial charge is 0.238 e. The van der Waals surface area contributed by atoms with Gasteiger partial charge in [0, 0.05) is 12.4 Å². The number of hydrogen-bond donors (Lipinski definition) is 0. The van der Waals surface area contributed by atoms with Crippen LogP contribution >= 0.6 is 0 Å². The van der Waals surface area contributed by atoms with Crippen LogP contribution in [0.3, 0.4) is 0 Å². The molecule has 0 bridgehead atoms. The minimum absolute atomic E-state index is 0.0884. The largest absolute Gasteiger partial charge is 0.465 e. The molecule has 0 radical (unpaired) electrons. The summed E-state index contributed by atoms with van der Waals surface area (Å²) in [6, 6.07) is 24.6. The first-order chi connectivity index (χ1) is 13.3. The quantitative estimate of drug-likeness (QED) is 0.525. The molecule has 0 saturated carbocycles. The number of pyridine rings is 1. The van der Waals surface area contributed by atoms with Crippen molar-refractivity contribution in [1.82, 2.24) is 9.38 Å². The summed E-state index contributed by atoms with van der Waals surface area (Å²) in [5.41, 5.74) is 5.08. The van der Waals surface area contributed by atoms with Gasteiger partial charge in [-0.15, -0.1) is 0 Å². The zero-order valence-electron chi connectivity index (χ0n) is 15.0. The summed E-state index contributed by atoms with van der Waals surface area (Å²) in [7, 11) is 0. The zero-order chi connectivity index (χ0) is 18.2. The third-order valence-electron chi connectivity index (χ3n) is 4.95. The molecule has 1 aliphatic rings. The van der Waals surface area contributed by atoms with E-state index in [-0.39, 0.29) is 12.1 Å². The maximum absolute atomic E-state index is 6.34. The van der Waals surface area contributed by atoms with E-state index < -0.39 is 0 Å². The van der Waals surface area contributed by atoms with Crippen LogP contribution in [0.4, 0.5) is 0 Å². The molecule has 1 aliphatic heterocycles. The normalized spacial score (nSPS) is 19.1. The van der Waals surface area contributed by atoms with Crippen LogP contribution in [0.2, 0.25) is 0 Å². The lowest BCUT2D eigenvalue weighted by atomic mass is 9.97. The van der Waals surface area contributed by atoms with Crippen molar-refractivity contribution in [3.63, 3.8) is 0 Å². The molecule has 2 unspecified atom stereocenters. The van der Waals surface area contributed by atoms with Crippen LogP contribution < -0.4 is 0 Å². The average Bonchev–Trinajstić information content (AvgIpc) is 3.35. The van der Waals surface area contributed by atoms with Gasteiger partial charge in [-0.05, 0) is 29.7 Å². The lowest BCUT2D eigenvalue weighted by Crippen LogP contribution is -2.09. The highest BCUT2D eigenvalue weighted by atomic mass is 16.5. The Kier molecular flexibility index (Phi) is 3.75. The van der Waals surface area contributed by atoms with Gasteiger partial charge in [0.25, 0.3) is 0 Å². The Labute approximate surface area is 157 Å². The molecule has 0 saturated heterocycles. The number of fused-ring (bicyclic) bond motifs is 1. The van der Waals surface area contributed by atoms with Gasteiger partial charge in [0.15, 0.2) is 6.10 Å². The van der Waals surface area contributed by atoms with Crippen molar-refractivity contribution in [2.24, 2.45) is 4.99 Å². The molecule has 4 aromatic rings. The van der Waals surface area contributed by atoms with E-state index in [4.69, 9.17) is 14.7 Å². The van der Waals surface area contributed by atoms with Gasteiger partial charge in [-0.3, -0.25) is 0 Å². The van der Waals surface area contributed by atoms with E-state index in [9.17, 15) is 0 Å². The second kappa shape index (κ2) is 6.40. The highest BCUT2D eigenvalue weighted by Gasteiger charge is 2.34. The van der Waals surface area contributed by atoms with Crippen LogP contribution in [0.1, 0.15) is 34.5 Å². The van der Waals surface area contributed by atoms with E-state index in [1.165, 1.54) is 0 Å². The fourth-order valence-electron chi connectivity index (χ4n) is 3.58. The van der Waals surface area contributed by atoms with E-state index in [0.717, 1.165) is 28.0 Å². The first-order valence-electron chi connectivity index (χ1n) is 9.08. The number of nitrogens with zero attached hydrogens (tertiary/aromatic N) is 3. The molecule has 2 atom stereocenters. The van der Waals surface area contributed by atoms with Crippen molar-refractivity contribution >= 4 is 11.5 Å². The Hall–Kier alpha value is -3.40. The van der Waals surface area contributed by atoms with Gasteiger partial charge in [-0.1, -0.05) is 66.7 Å². The second-order valence-corrected chi connectivity index (χ2v) is 6.79. The molecule has 2 aromatic carbocycles. The Morgan fingerprint density at radius 2 is 1.56 bits per heavy atom. The molecular formula is C23H19N3O. The summed E-state index contributed by atoms with van der Waals surface area (Å²) in [5.74, 6) is 0.598. The van der Waals surface area contributed by atoms with Crippen LogP contribution in [0, 0.1) is 6.92 Å². The Morgan fingerprint density at radius 3 is 2.26 bits per heavy atom. The Morgan fingerprint density at radius 1 is 0.852 bits per heavy atom. The fraction of sp³-hybridized carbons (Fsp3) is 0.130. The number of aryl methyl sites for hydroxylation is 1. The SMILES string of the molecule is Cc1cccn2cc(C3=NC(c4ccccc4)C(c4ccccc4)O3)nc12. The number of imidazole rings is 1. The van der Waals surface area contributed by atoms with E-state index in [0.29, 0.717) is 5.90 Å². The first kappa shape index (κ1) is 15.8. The third kappa shape index (κ3) is 2.79. The van der Waals surface area contributed by atoms with Crippen LogP contribution in [0.15, 0.2) is 90.2 Å². The molecule has 0 fully saturated rings. The van der Waals surface area contributed by atoms with Crippen molar-refractivity contribution < 1.29 is 4.74 Å². The van der Waals surface area contributed by atoms with Gasteiger partial charge in [0.05, 0.1) is 0 Å². The second-order valence-electron chi connectivity index (χ2n) is 6.79. The van der Waals surface area contributed by atoms with Gasteiger partial charge >= 0.3 is 0 Å². The zero-order valence-corrected chi connectivity index (χ0v) is 15.0. The lowest BCUT2D eigenvalue weighted by molar-refractivity contribution is 0.196. The maximum atomic E-state index is 6.34. The van der Waals surface area contributed by atoms with Crippen LogP contribution in [-0.4, -0.2) is 15.3 Å². The van der Waals surface area contributed by atoms with Gasteiger partial charge in [0.2, 0.25) is 5.90 Å². The molecule has 132 valence electrons. The van der Waals surface area contributed by atoms with Gasteiger partial charge < -0.3 is 9.14 Å². The molecule has 0 spiro atoms.